The van der Waals surface area contributed by atoms with Gasteiger partial charge in [-0.05, 0) is 26.7 Å². The normalized spacial score (nSPS) is 12.2. The van der Waals surface area contributed by atoms with Crippen LogP contribution in [0.25, 0.3) is 0 Å². The Hall–Kier alpha value is -0.860. The Kier molecular flexibility index (Phi) is 7.07. The highest BCUT2D eigenvalue weighted by molar-refractivity contribution is 5.94. The van der Waals surface area contributed by atoms with Gasteiger partial charge in [-0.2, -0.15) is 0 Å². The van der Waals surface area contributed by atoms with Crippen molar-refractivity contribution in [3.8, 4) is 0 Å². The van der Waals surface area contributed by atoms with Crippen molar-refractivity contribution in [3.63, 3.8) is 0 Å². The first kappa shape index (κ1) is 13.1. The lowest BCUT2D eigenvalue weighted by Crippen LogP contribution is -2.16. The van der Waals surface area contributed by atoms with Crippen LogP contribution >= 0.6 is 0 Å². The van der Waals surface area contributed by atoms with E-state index in [-0.39, 0.29) is 18.3 Å². The molecule has 0 rings (SSSR count). The van der Waals surface area contributed by atoms with E-state index in [0.29, 0.717) is 0 Å². The molecule has 3 nitrogen and oxygen atoms in total. The van der Waals surface area contributed by atoms with Crippen LogP contribution in [0.1, 0.15) is 52.9 Å². The molecule has 0 heterocycles. The van der Waals surface area contributed by atoms with Crippen LogP contribution < -0.4 is 0 Å². The average molecular weight is 200 g/mol. The van der Waals surface area contributed by atoms with E-state index in [9.17, 15) is 9.59 Å². The number of rotatable bonds is 7. The first-order valence-electron chi connectivity index (χ1n) is 5.25. The maximum atomic E-state index is 11.1. The van der Waals surface area contributed by atoms with Gasteiger partial charge < -0.3 is 4.74 Å². The third-order valence-corrected chi connectivity index (χ3v) is 1.94. The number of unbranched alkanes of at least 4 members (excludes halogenated alkanes) is 2. The number of hydrogen-bond donors (Lipinski definition) is 0. The van der Waals surface area contributed by atoms with Gasteiger partial charge in [0.15, 0.2) is 0 Å². The summed E-state index contributed by atoms with van der Waals surface area (Å²) in [6.07, 6.45) is 4.12. The number of Topliss-reactive ketones (excluding diaryl/α,β-unsaturated/α-hetero) is 1. The smallest absolute Gasteiger partial charge is 0.313 e. The summed E-state index contributed by atoms with van der Waals surface area (Å²) in [6.45, 7) is 5.39. The molecule has 0 aromatic heterocycles. The van der Waals surface area contributed by atoms with Crippen molar-refractivity contribution >= 4 is 11.8 Å². The van der Waals surface area contributed by atoms with Crippen LogP contribution in [0.4, 0.5) is 0 Å². The lowest BCUT2D eigenvalue weighted by atomic mass is 10.1. The third-order valence-electron chi connectivity index (χ3n) is 1.94. The lowest BCUT2D eigenvalue weighted by molar-refractivity contribution is -0.150. The highest BCUT2D eigenvalue weighted by Gasteiger charge is 2.10. The molecule has 0 aromatic rings. The molecule has 0 bridgehead atoms. The standard InChI is InChI=1S/C11H20O3/c1-4-5-6-7-10(3)14-11(13)8-9(2)12/h10H,4-8H2,1-3H3. The van der Waals surface area contributed by atoms with Gasteiger partial charge in [-0.1, -0.05) is 19.8 Å². The topological polar surface area (TPSA) is 43.4 Å². The number of carbonyl (C=O) groups is 2. The second-order valence-corrected chi connectivity index (χ2v) is 3.68. The highest BCUT2D eigenvalue weighted by atomic mass is 16.5. The molecule has 0 fully saturated rings. The fourth-order valence-corrected chi connectivity index (χ4v) is 1.21. The number of carbonyl (C=O) groups excluding carboxylic acids is 2. The monoisotopic (exact) mass is 200 g/mol. The molecule has 0 aliphatic carbocycles. The summed E-state index contributed by atoms with van der Waals surface area (Å²) in [5, 5.41) is 0. The van der Waals surface area contributed by atoms with E-state index < -0.39 is 5.97 Å². The molecule has 0 saturated heterocycles. The summed E-state index contributed by atoms with van der Waals surface area (Å²) in [7, 11) is 0. The first-order valence-corrected chi connectivity index (χ1v) is 5.25. The minimum atomic E-state index is -0.401. The fraction of sp³-hybridized carbons (Fsp3) is 0.818. The van der Waals surface area contributed by atoms with E-state index in [1.807, 2.05) is 6.92 Å². The number of ketones is 1. The zero-order valence-electron chi connectivity index (χ0n) is 9.34. The minimum absolute atomic E-state index is 0.0617. The van der Waals surface area contributed by atoms with E-state index in [1.54, 1.807) is 0 Å². The van der Waals surface area contributed by atoms with Crippen molar-refractivity contribution in [2.75, 3.05) is 0 Å². The second-order valence-electron chi connectivity index (χ2n) is 3.68. The van der Waals surface area contributed by atoms with Gasteiger partial charge in [0.25, 0.3) is 0 Å². The van der Waals surface area contributed by atoms with Gasteiger partial charge in [0, 0.05) is 0 Å². The number of esters is 1. The predicted molar refractivity (Wildman–Crippen MR) is 55.0 cm³/mol. The van der Waals surface area contributed by atoms with Crippen LogP contribution in [0, 0.1) is 0 Å². The third kappa shape index (κ3) is 7.77. The Balaban J connectivity index is 3.55. The summed E-state index contributed by atoms with van der Waals surface area (Å²) in [5.74, 6) is -0.544. The van der Waals surface area contributed by atoms with Gasteiger partial charge in [-0.15, -0.1) is 0 Å². The molecule has 1 unspecified atom stereocenters. The average Bonchev–Trinajstić information content (AvgIpc) is 2.02. The van der Waals surface area contributed by atoms with Gasteiger partial charge in [0.1, 0.15) is 12.2 Å². The van der Waals surface area contributed by atoms with Gasteiger partial charge in [-0.3, -0.25) is 9.59 Å². The Morgan fingerprint density at radius 1 is 1.29 bits per heavy atom. The van der Waals surface area contributed by atoms with Crippen LogP contribution in [-0.2, 0) is 14.3 Å². The Morgan fingerprint density at radius 3 is 2.43 bits per heavy atom. The van der Waals surface area contributed by atoms with Gasteiger partial charge in [0.05, 0.1) is 6.10 Å². The molecule has 82 valence electrons. The minimum Gasteiger partial charge on any atom is -0.462 e. The second kappa shape index (κ2) is 7.54. The maximum absolute atomic E-state index is 11.1. The molecule has 0 aromatic carbocycles. The van der Waals surface area contributed by atoms with Crippen molar-refractivity contribution in [2.24, 2.45) is 0 Å². The number of ether oxygens (including phenoxy) is 1. The summed E-state index contributed by atoms with van der Waals surface area (Å²) in [4.78, 5) is 21.6. The van der Waals surface area contributed by atoms with Crippen LogP contribution in [0.5, 0.6) is 0 Å². The highest BCUT2D eigenvalue weighted by Crippen LogP contribution is 2.07. The summed E-state index contributed by atoms with van der Waals surface area (Å²) < 4.78 is 5.05. The quantitative estimate of drug-likeness (QED) is 0.360. The van der Waals surface area contributed by atoms with E-state index in [2.05, 4.69) is 6.92 Å². The summed E-state index contributed by atoms with van der Waals surface area (Å²) >= 11 is 0. The van der Waals surface area contributed by atoms with Crippen molar-refractivity contribution < 1.29 is 14.3 Å². The molecule has 14 heavy (non-hydrogen) atoms. The van der Waals surface area contributed by atoms with Gasteiger partial charge in [-0.25, -0.2) is 0 Å². The molecular formula is C11H20O3. The molecule has 0 spiro atoms. The van der Waals surface area contributed by atoms with Crippen LogP contribution in [0.3, 0.4) is 0 Å². The molecular weight excluding hydrogens is 180 g/mol. The van der Waals surface area contributed by atoms with Crippen LogP contribution in [-0.4, -0.2) is 17.9 Å². The lowest BCUT2D eigenvalue weighted by Gasteiger charge is -2.11. The summed E-state index contributed by atoms with van der Waals surface area (Å²) in [6, 6.07) is 0. The van der Waals surface area contributed by atoms with Crippen molar-refractivity contribution in [2.45, 2.75) is 59.0 Å². The molecule has 0 radical (unpaired) electrons. The first-order chi connectivity index (χ1) is 6.56. The number of hydrogen-bond acceptors (Lipinski definition) is 3. The molecule has 0 aliphatic rings. The molecule has 0 saturated carbocycles. The van der Waals surface area contributed by atoms with E-state index in [1.165, 1.54) is 6.92 Å². The summed E-state index contributed by atoms with van der Waals surface area (Å²) in [5.41, 5.74) is 0. The van der Waals surface area contributed by atoms with Crippen molar-refractivity contribution in [1.82, 2.24) is 0 Å². The van der Waals surface area contributed by atoms with Gasteiger partial charge >= 0.3 is 5.97 Å². The Bertz CT molecular complexity index is 187. The molecule has 1 atom stereocenters. The molecule has 0 amide bonds. The van der Waals surface area contributed by atoms with E-state index in [4.69, 9.17) is 4.74 Å². The zero-order valence-corrected chi connectivity index (χ0v) is 9.34. The van der Waals surface area contributed by atoms with Crippen molar-refractivity contribution in [3.05, 3.63) is 0 Å². The Labute approximate surface area is 85.8 Å². The molecule has 3 heteroatoms. The fourth-order valence-electron chi connectivity index (χ4n) is 1.21. The molecule has 0 aliphatic heterocycles. The van der Waals surface area contributed by atoms with Crippen LogP contribution in [0.2, 0.25) is 0 Å². The SMILES string of the molecule is CCCCCC(C)OC(=O)CC(C)=O. The maximum Gasteiger partial charge on any atom is 0.313 e. The predicted octanol–water partition coefficient (Wildman–Crippen LogP) is 2.48. The molecule has 0 N–H and O–H groups in total. The van der Waals surface area contributed by atoms with Crippen LogP contribution in [0.15, 0.2) is 0 Å². The van der Waals surface area contributed by atoms with Crippen molar-refractivity contribution in [1.29, 1.82) is 0 Å². The largest absolute Gasteiger partial charge is 0.462 e. The Morgan fingerprint density at radius 2 is 1.93 bits per heavy atom. The van der Waals surface area contributed by atoms with E-state index in [0.717, 1.165) is 25.7 Å². The van der Waals surface area contributed by atoms with Gasteiger partial charge in [0.2, 0.25) is 0 Å². The van der Waals surface area contributed by atoms with E-state index >= 15 is 0 Å². The zero-order chi connectivity index (χ0) is 11.0.